The summed E-state index contributed by atoms with van der Waals surface area (Å²) in [6.07, 6.45) is 9.98. The van der Waals surface area contributed by atoms with Gasteiger partial charge in [-0.2, -0.15) is 15.5 Å². The number of hydrogen-bond donors (Lipinski definition) is 1. The minimum absolute atomic E-state index is 0.131. The number of carbonyl (C=O) groups excluding carboxylic acids is 1. The molecule has 0 spiro atoms. The number of nitrogens with zero attached hydrogens (tertiary/aromatic N) is 7. The molecule has 188 valence electrons. The van der Waals surface area contributed by atoms with Crippen molar-refractivity contribution in [2.45, 2.75) is 60.7 Å². The monoisotopic (exact) mass is 517 g/mol. The van der Waals surface area contributed by atoms with E-state index >= 15 is 0 Å². The topological polar surface area (TPSA) is 112 Å². The lowest BCUT2D eigenvalue weighted by atomic mass is 9.96. The third-order valence-electron chi connectivity index (χ3n) is 7.45. The van der Waals surface area contributed by atoms with Crippen molar-refractivity contribution in [2.75, 3.05) is 6.61 Å². The zero-order chi connectivity index (χ0) is 25.7. The van der Waals surface area contributed by atoms with Gasteiger partial charge in [-0.1, -0.05) is 11.8 Å². The van der Waals surface area contributed by atoms with Crippen LogP contribution in [-0.2, 0) is 4.79 Å². The van der Waals surface area contributed by atoms with E-state index in [1.165, 1.54) is 30.2 Å². The molecular weight excluding hydrogens is 493 g/mol. The van der Waals surface area contributed by atoms with Crippen molar-refractivity contribution in [3.63, 3.8) is 0 Å². The van der Waals surface area contributed by atoms with E-state index in [2.05, 4.69) is 20.8 Å². The second-order valence-corrected chi connectivity index (χ2v) is 10.6. The van der Waals surface area contributed by atoms with E-state index < -0.39 is 12.4 Å². The highest BCUT2D eigenvalue weighted by Crippen LogP contribution is 2.42. The maximum absolute atomic E-state index is 13.4. The van der Waals surface area contributed by atoms with Gasteiger partial charge in [0.1, 0.15) is 23.5 Å². The van der Waals surface area contributed by atoms with Gasteiger partial charge < -0.3 is 10.0 Å². The van der Waals surface area contributed by atoms with E-state index in [4.69, 9.17) is 5.10 Å². The lowest BCUT2D eigenvalue weighted by molar-refractivity contribution is -0.139. The molecule has 2 fully saturated rings. The summed E-state index contributed by atoms with van der Waals surface area (Å²) < 4.78 is 17.1. The molecule has 2 saturated heterocycles. The Hall–Kier alpha value is -3.75. The molecule has 11 heteroatoms. The normalized spacial score (nSPS) is 20.9. The molecule has 0 saturated carbocycles. The van der Waals surface area contributed by atoms with Crippen molar-refractivity contribution in [1.29, 1.82) is 5.26 Å². The summed E-state index contributed by atoms with van der Waals surface area (Å²) in [6.45, 7) is 1.59. The number of carbonyl (C=O) groups is 1. The van der Waals surface area contributed by atoms with Gasteiger partial charge in [0.05, 0.1) is 35.7 Å². The molecule has 2 bridgehead atoms. The highest BCUT2D eigenvalue weighted by Gasteiger charge is 2.44. The van der Waals surface area contributed by atoms with Gasteiger partial charge in [0.2, 0.25) is 5.91 Å². The summed E-state index contributed by atoms with van der Waals surface area (Å²) in [4.78, 5) is 19.1. The third-order valence-corrected chi connectivity index (χ3v) is 8.43. The zero-order valence-electron chi connectivity index (χ0n) is 20.1. The molecule has 1 amide bonds. The van der Waals surface area contributed by atoms with Crippen molar-refractivity contribution in [3.05, 3.63) is 60.1 Å². The number of nitriles is 1. The minimum atomic E-state index is -0.445. The van der Waals surface area contributed by atoms with Crippen LogP contribution in [0.15, 0.2) is 52.9 Å². The van der Waals surface area contributed by atoms with Gasteiger partial charge in [-0.15, -0.1) is 0 Å². The summed E-state index contributed by atoms with van der Waals surface area (Å²) in [5.74, 6) is -0.595. The fourth-order valence-electron chi connectivity index (χ4n) is 5.84. The van der Waals surface area contributed by atoms with Crippen LogP contribution < -0.4 is 0 Å². The first kappa shape index (κ1) is 23.6. The molecule has 9 nitrogen and oxygen atoms in total. The van der Waals surface area contributed by atoms with Crippen LogP contribution in [0, 0.1) is 24.1 Å². The van der Waals surface area contributed by atoms with Crippen LogP contribution >= 0.6 is 11.8 Å². The van der Waals surface area contributed by atoms with Crippen LogP contribution in [0.5, 0.6) is 0 Å². The predicted octanol–water partition coefficient (Wildman–Crippen LogP) is 3.75. The van der Waals surface area contributed by atoms with Crippen molar-refractivity contribution in [1.82, 2.24) is 29.3 Å². The Morgan fingerprint density at radius 1 is 1.19 bits per heavy atom. The number of aliphatic hydroxyl groups is 1. The largest absolute Gasteiger partial charge is 0.387 e. The van der Waals surface area contributed by atoms with Gasteiger partial charge in [-0.05, 0) is 50.8 Å². The molecule has 1 N–H and O–H groups in total. The summed E-state index contributed by atoms with van der Waals surface area (Å²) in [5.41, 5.74) is 3.97. The van der Waals surface area contributed by atoms with Crippen LogP contribution in [0.25, 0.3) is 16.6 Å². The second kappa shape index (κ2) is 9.28. The van der Waals surface area contributed by atoms with Gasteiger partial charge in [-0.3, -0.25) is 9.48 Å². The maximum atomic E-state index is 13.4. The molecule has 6 heterocycles. The number of piperidine rings is 1. The third kappa shape index (κ3) is 4.06. The number of aliphatic hydroxyl groups excluding tert-OH is 1. The number of amides is 1. The molecular formula is C26H24FN7O2S. The van der Waals surface area contributed by atoms with Gasteiger partial charge in [0.15, 0.2) is 0 Å². The van der Waals surface area contributed by atoms with Crippen LogP contribution in [0.3, 0.4) is 0 Å². The average Bonchev–Trinajstić information content (AvgIpc) is 3.58. The highest BCUT2D eigenvalue weighted by molar-refractivity contribution is 7.99. The quantitative estimate of drug-likeness (QED) is 0.429. The zero-order valence-corrected chi connectivity index (χ0v) is 20.9. The number of hydrogen-bond acceptors (Lipinski definition) is 7. The molecule has 3 atom stereocenters. The van der Waals surface area contributed by atoms with Crippen LogP contribution in [0.4, 0.5) is 4.39 Å². The molecule has 6 rings (SSSR count). The Labute approximate surface area is 216 Å². The minimum Gasteiger partial charge on any atom is -0.387 e. The van der Waals surface area contributed by atoms with Gasteiger partial charge in [0, 0.05) is 40.0 Å². The molecule has 0 radical (unpaired) electrons. The summed E-state index contributed by atoms with van der Waals surface area (Å²) in [7, 11) is 0. The Kier molecular flexibility index (Phi) is 5.93. The molecule has 0 aliphatic carbocycles. The van der Waals surface area contributed by atoms with Gasteiger partial charge in [-0.25, -0.2) is 13.9 Å². The smallest absolute Gasteiger partial charge is 0.248 e. The van der Waals surface area contributed by atoms with Crippen LogP contribution in [0.1, 0.15) is 43.0 Å². The SMILES string of the molecule is Cc1c(-c2cc(Sc3ccc(F)cn3)c3c(C#N)cnn3c2)cnn1C1C[C@H]2CC[C@@H](C1)N2C(=O)CO. The number of fused-ring (bicyclic) bond motifs is 3. The molecule has 4 aromatic heterocycles. The molecule has 37 heavy (non-hydrogen) atoms. The average molecular weight is 518 g/mol. The molecule has 0 aromatic carbocycles. The Morgan fingerprint density at radius 2 is 1.97 bits per heavy atom. The summed E-state index contributed by atoms with van der Waals surface area (Å²) >= 11 is 1.35. The van der Waals surface area contributed by atoms with E-state index in [-0.39, 0.29) is 24.0 Å². The van der Waals surface area contributed by atoms with E-state index in [0.29, 0.717) is 16.1 Å². The molecule has 2 aliphatic rings. The fourth-order valence-corrected chi connectivity index (χ4v) is 6.79. The molecule has 1 unspecified atom stereocenters. The van der Waals surface area contributed by atoms with E-state index in [0.717, 1.165) is 47.4 Å². The van der Waals surface area contributed by atoms with E-state index in [1.807, 2.05) is 30.3 Å². The first-order chi connectivity index (χ1) is 18.0. The maximum Gasteiger partial charge on any atom is 0.248 e. The van der Waals surface area contributed by atoms with Gasteiger partial charge >= 0.3 is 0 Å². The Balaban J connectivity index is 1.35. The van der Waals surface area contributed by atoms with Crippen molar-refractivity contribution < 1.29 is 14.3 Å². The standard InChI is InChI=1S/C26H24FN7O2S/c1-15-22(12-31-34(15)21-7-19-3-4-20(8-21)33(19)25(36)14-35)16-6-23(37-24-5-2-18(27)11-29-24)26-17(9-28)10-30-32(26)13-16/h2,5-6,10-13,19-21,35H,3-4,7-8,14H2,1H3/t19-,20+,21?. The van der Waals surface area contributed by atoms with Gasteiger partial charge in [0.25, 0.3) is 0 Å². The van der Waals surface area contributed by atoms with Crippen molar-refractivity contribution in [2.24, 2.45) is 0 Å². The van der Waals surface area contributed by atoms with Crippen molar-refractivity contribution in [3.8, 4) is 17.2 Å². The number of aromatic nitrogens is 5. The number of rotatable bonds is 5. The predicted molar refractivity (Wildman–Crippen MR) is 133 cm³/mol. The summed E-state index contributed by atoms with van der Waals surface area (Å²) in [5, 5.41) is 28.7. The number of halogens is 1. The fraction of sp³-hybridized carbons (Fsp3) is 0.346. The first-order valence-electron chi connectivity index (χ1n) is 12.1. The van der Waals surface area contributed by atoms with E-state index in [1.54, 1.807) is 10.6 Å². The summed E-state index contributed by atoms with van der Waals surface area (Å²) in [6, 6.07) is 7.59. The molecule has 4 aromatic rings. The number of pyridine rings is 2. The highest BCUT2D eigenvalue weighted by atomic mass is 32.2. The first-order valence-corrected chi connectivity index (χ1v) is 13.0. The lowest BCUT2D eigenvalue weighted by Crippen LogP contribution is -2.48. The molecule has 2 aliphatic heterocycles. The van der Waals surface area contributed by atoms with Crippen LogP contribution in [-0.4, -0.2) is 59.0 Å². The second-order valence-electron chi connectivity index (χ2n) is 9.53. The van der Waals surface area contributed by atoms with E-state index in [9.17, 15) is 19.6 Å². The lowest BCUT2D eigenvalue weighted by Gasteiger charge is -2.39. The Bertz CT molecular complexity index is 1530. The van der Waals surface area contributed by atoms with Crippen molar-refractivity contribution >= 4 is 23.2 Å². The Morgan fingerprint density at radius 3 is 2.65 bits per heavy atom. The van der Waals surface area contributed by atoms with Crippen LogP contribution in [0.2, 0.25) is 0 Å².